The molecule has 0 heterocycles. The Bertz CT molecular complexity index is 872. The molecule has 0 spiro atoms. The quantitative estimate of drug-likeness (QED) is 0.427. The van der Waals surface area contributed by atoms with Crippen molar-refractivity contribution < 1.29 is 60.7 Å². The van der Waals surface area contributed by atoms with Crippen molar-refractivity contribution in [3.63, 3.8) is 0 Å². The van der Waals surface area contributed by atoms with Crippen molar-refractivity contribution in [2.45, 2.75) is 20.5 Å². The summed E-state index contributed by atoms with van der Waals surface area (Å²) in [5.74, 6) is -11.6. The highest BCUT2D eigenvalue weighted by molar-refractivity contribution is 8.09. The van der Waals surface area contributed by atoms with Gasteiger partial charge in [-0.25, -0.2) is 34.4 Å². The lowest BCUT2D eigenvalue weighted by atomic mass is 10.2. The maximum Gasteiger partial charge on any atom is 0.499 e. The summed E-state index contributed by atoms with van der Waals surface area (Å²) < 4.78 is 169. The van der Waals surface area contributed by atoms with E-state index in [4.69, 9.17) is 0 Å². The summed E-state index contributed by atoms with van der Waals surface area (Å²) in [5, 5.41) is 0. The van der Waals surface area contributed by atoms with E-state index < -0.39 is 69.0 Å². The summed E-state index contributed by atoms with van der Waals surface area (Å²) >= 11 is 2.85. The molecule has 0 saturated heterocycles. The predicted octanol–water partition coefficient (Wildman–Crippen LogP) is 3.40. The minimum absolute atomic E-state index is 1.88. The van der Waals surface area contributed by atoms with Crippen molar-refractivity contribution in [3.05, 3.63) is 28.8 Å². The molecule has 0 radical (unpaired) electrons. The number of thiol groups is 1. The van der Waals surface area contributed by atoms with E-state index >= 15 is 0 Å². The Balaban J connectivity index is 4.19. The smallest absolute Gasteiger partial charge is 0.218 e. The van der Waals surface area contributed by atoms with Gasteiger partial charge < -0.3 is 0 Å². The van der Waals surface area contributed by atoms with Gasteiger partial charge in [-0.2, -0.15) is 26.3 Å². The van der Waals surface area contributed by atoms with Crippen LogP contribution in [0.15, 0.2) is 4.90 Å². The van der Waals surface area contributed by atoms with Crippen molar-refractivity contribution in [2.24, 2.45) is 0 Å². The topological polar surface area (TPSA) is 68.3 Å². The maximum absolute atomic E-state index is 13.7. The third-order valence-electron chi connectivity index (χ3n) is 2.72. The molecule has 0 amide bonds. The third kappa shape index (κ3) is 3.35. The van der Waals surface area contributed by atoms with Gasteiger partial charge in [-0.15, -0.1) is 12.6 Å². The van der Waals surface area contributed by atoms with E-state index in [1.54, 1.807) is 0 Å². The van der Waals surface area contributed by atoms with Crippen LogP contribution in [0.25, 0.3) is 0 Å². The molecule has 1 rings (SSSR count). The summed E-state index contributed by atoms with van der Waals surface area (Å²) in [5.41, 5.74) is -16.7. The van der Waals surface area contributed by atoms with Crippen LogP contribution in [0.1, 0.15) is 10.1 Å². The first-order chi connectivity index (χ1) is 11.3. The number of halogens is 10. The third-order valence-corrected chi connectivity index (χ3v) is 7.52. The van der Waals surface area contributed by atoms with Crippen LogP contribution in [-0.2, 0) is 19.7 Å². The molecule has 0 aliphatic heterocycles. The Kier molecular flexibility index (Phi) is 5.64. The Morgan fingerprint density at radius 3 is 1.15 bits per heavy atom. The minimum Gasteiger partial charge on any atom is -0.218 e. The summed E-state index contributed by atoms with van der Waals surface area (Å²) in [6.07, 6.45) is 0. The second-order valence-corrected chi connectivity index (χ2v) is 9.13. The molecule has 17 heteroatoms. The first-order valence-electron chi connectivity index (χ1n) is 5.45. The lowest BCUT2D eigenvalue weighted by Crippen LogP contribution is -2.40. The number of sulfone groups is 2. The molecule has 0 N–H and O–H groups in total. The van der Waals surface area contributed by atoms with Crippen LogP contribution >= 0.6 is 12.6 Å². The van der Waals surface area contributed by atoms with E-state index in [-0.39, 0.29) is 0 Å². The highest BCUT2D eigenvalue weighted by Crippen LogP contribution is 2.47. The van der Waals surface area contributed by atoms with Gasteiger partial charge >= 0.3 is 11.0 Å². The second kappa shape index (κ2) is 6.43. The van der Waals surface area contributed by atoms with Crippen molar-refractivity contribution in [1.82, 2.24) is 0 Å². The molecule has 0 unspecified atom stereocenters. The van der Waals surface area contributed by atoms with Gasteiger partial charge in [0.05, 0.1) is 10.5 Å². The van der Waals surface area contributed by atoms with Crippen molar-refractivity contribution in [1.29, 1.82) is 0 Å². The summed E-state index contributed by atoms with van der Waals surface area (Å²) in [7, 11) is -15.1. The molecule has 26 heavy (non-hydrogen) atoms. The summed E-state index contributed by atoms with van der Waals surface area (Å²) in [6.45, 7) is 0. The Labute approximate surface area is 143 Å². The Hall–Kier alpha value is -1.23. The van der Waals surface area contributed by atoms with Gasteiger partial charge in [-0.1, -0.05) is 0 Å². The molecule has 4 nitrogen and oxygen atoms in total. The van der Waals surface area contributed by atoms with Crippen LogP contribution in [0.2, 0.25) is 0 Å². The Morgan fingerprint density at radius 2 is 0.923 bits per heavy atom. The number of hydrogen-bond acceptors (Lipinski definition) is 5. The largest absolute Gasteiger partial charge is 0.499 e. The van der Waals surface area contributed by atoms with Crippen LogP contribution in [0.4, 0.5) is 43.9 Å². The van der Waals surface area contributed by atoms with Crippen LogP contribution in [0.3, 0.4) is 0 Å². The van der Waals surface area contributed by atoms with E-state index in [0.29, 0.717) is 0 Å². The van der Waals surface area contributed by atoms with Crippen LogP contribution < -0.4 is 0 Å². The molecule has 0 atom stereocenters. The van der Waals surface area contributed by atoms with E-state index in [1.165, 1.54) is 0 Å². The molecule has 0 aliphatic rings. The van der Waals surface area contributed by atoms with Crippen LogP contribution in [-0.4, -0.2) is 27.9 Å². The lowest BCUT2D eigenvalue weighted by Gasteiger charge is -2.22. The van der Waals surface area contributed by atoms with E-state index in [1.807, 2.05) is 0 Å². The monoisotopic (exact) mass is 460 g/mol. The highest BCUT2D eigenvalue weighted by atomic mass is 32.3. The number of benzene rings is 1. The van der Waals surface area contributed by atoms with Crippen molar-refractivity contribution in [3.8, 4) is 0 Å². The second-order valence-electron chi connectivity index (χ2n) is 4.33. The van der Waals surface area contributed by atoms with E-state index in [9.17, 15) is 60.7 Å². The molecular weight excluding hydrogens is 458 g/mol. The molecule has 1 aromatic rings. The summed E-state index contributed by atoms with van der Waals surface area (Å²) in [6, 6.07) is 0. The molecule has 150 valence electrons. The molecule has 0 aliphatic carbocycles. The van der Waals surface area contributed by atoms with E-state index in [0.717, 1.165) is 0 Å². The van der Waals surface area contributed by atoms with Gasteiger partial charge in [0.1, 0.15) is 0 Å². The fourth-order valence-electron chi connectivity index (χ4n) is 1.56. The SMILES string of the molecule is O=S(=O)(C(c1c(F)c(F)c(S)c(F)c1F)S(=O)(=O)C(F)(F)F)C(F)(F)F. The number of alkyl halides is 6. The van der Waals surface area contributed by atoms with Gasteiger partial charge in [0.2, 0.25) is 4.58 Å². The average Bonchev–Trinajstić information content (AvgIpc) is 2.44. The Morgan fingerprint density at radius 1 is 0.654 bits per heavy atom. The van der Waals surface area contributed by atoms with Gasteiger partial charge in [0.15, 0.2) is 23.3 Å². The van der Waals surface area contributed by atoms with E-state index in [2.05, 4.69) is 12.6 Å². The average molecular weight is 460 g/mol. The minimum atomic E-state index is -7.57. The molecular formula is C9H2F10O4S3. The molecule has 0 saturated carbocycles. The maximum atomic E-state index is 13.7. The first-order valence-corrected chi connectivity index (χ1v) is 8.99. The zero-order chi connectivity index (χ0) is 21.0. The molecule has 1 aromatic carbocycles. The first kappa shape index (κ1) is 22.8. The zero-order valence-electron chi connectivity index (χ0n) is 11.3. The van der Waals surface area contributed by atoms with Gasteiger partial charge in [0, 0.05) is 0 Å². The predicted molar refractivity (Wildman–Crippen MR) is 66.2 cm³/mol. The standard InChI is InChI=1S/C9H2F10O4S3/c10-2-1(3(11)5(13)6(24)4(2)12)7(25(20,21)8(14,15)16)26(22,23)9(17,18)19/h7,24H. The van der Waals surface area contributed by atoms with Crippen LogP contribution in [0, 0.1) is 23.3 Å². The van der Waals surface area contributed by atoms with Gasteiger partial charge in [-0.05, 0) is 0 Å². The fraction of sp³-hybridized carbons (Fsp3) is 0.333. The summed E-state index contributed by atoms with van der Waals surface area (Å²) in [4.78, 5) is -1.88. The van der Waals surface area contributed by atoms with Gasteiger partial charge in [-0.3, -0.25) is 0 Å². The molecule has 0 bridgehead atoms. The number of rotatable bonds is 3. The van der Waals surface area contributed by atoms with Gasteiger partial charge in [0.25, 0.3) is 19.7 Å². The van der Waals surface area contributed by atoms with Crippen LogP contribution in [0.5, 0.6) is 0 Å². The number of hydrogen-bond donors (Lipinski definition) is 1. The zero-order valence-corrected chi connectivity index (χ0v) is 13.8. The normalized spacial score (nSPS) is 14.2. The highest BCUT2D eigenvalue weighted by Gasteiger charge is 2.65. The molecule has 0 fully saturated rings. The van der Waals surface area contributed by atoms with Crippen molar-refractivity contribution in [2.75, 3.05) is 0 Å². The van der Waals surface area contributed by atoms with Crippen molar-refractivity contribution >= 4 is 32.3 Å². The fourth-order valence-corrected chi connectivity index (χ4v) is 5.27. The molecule has 0 aromatic heterocycles. The lowest BCUT2D eigenvalue weighted by molar-refractivity contribution is -0.0473.